The van der Waals surface area contributed by atoms with Crippen LogP contribution in [0.25, 0.3) is 0 Å². The summed E-state index contributed by atoms with van der Waals surface area (Å²) in [6, 6.07) is 9.21. The number of carbonyl (C=O) groups excluding carboxylic acids is 1. The molecule has 0 unspecified atom stereocenters. The molecule has 2 aromatic rings. The van der Waals surface area contributed by atoms with Gasteiger partial charge in [0.2, 0.25) is 15.9 Å². The van der Waals surface area contributed by atoms with Gasteiger partial charge in [-0.15, -0.1) is 11.3 Å². The summed E-state index contributed by atoms with van der Waals surface area (Å²) in [6.07, 6.45) is 4.73. The van der Waals surface area contributed by atoms with Crippen molar-refractivity contribution in [3.63, 3.8) is 0 Å². The molecule has 0 radical (unpaired) electrons. The van der Waals surface area contributed by atoms with Crippen molar-refractivity contribution in [2.75, 3.05) is 26.0 Å². The highest BCUT2D eigenvalue weighted by molar-refractivity contribution is 7.91. The number of likely N-dealkylation sites (N-methyl/N-ethyl adjacent to an activating group) is 1. The molecule has 1 aromatic carbocycles. The summed E-state index contributed by atoms with van der Waals surface area (Å²) in [5, 5.41) is 4.22. The van der Waals surface area contributed by atoms with Crippen LogP contribution in [0.3, 0.4) is 0 Å². The Kier molecular flexibility index (Phi) is 7.53. The van der Waals surface area contributed by atoms with Crippen molar-refractivity contribution < 1.29 is 21.6 Å². The van der Waals surface area contributed by atoms with E-state index < -0.39 is 32.5 Å². The molecule has 170 valence electrons. The summed E-state index contributed by atoms with van der Waals surface area (Å²) >= 11 is 1.07. The first-order valence-corrected chi connectivity index (χ1v) is 13.8. The lowest BCUT2D eigenvalue weighted by molar-refractivity contribution is -0.116. The van der Waals surface area contributed by atoms with E-state index in [1.807, 2.05) is 0 Å². The van der Waals surface area contributed by atoms with Crippen molar-refractivity contribution in [3.8, 4) is 0 Å². The van der Waals surface area contributed by atoms with Gasteiger partial charge in [-0.25, -0.2) is 16.8 Å². The Labute approximate surface area is 188 Å². The van der Waals surface area contributed by atoms with Gasteiger partial charge in [0.05, 0.1) is 12.2 Å². The third kappa shape index (κ3) is 5.35. The molecular formula is C20H27N3O5S3. The molecule has 1 heterocycles. The normalized spacial score (nSPS) is 16.0. The summed E-state index contributed by atoms with van der Waals surface area (Å²) in [5.41, 5.74) is 0.136. The maximum Gasteiger partial charge on any atom is 0.252 e. The molecule has 1 fully saturated rings. The summed E-state index contributed by atoms with van der Waals surface area (Å²) in [5.74, 6) is -0.620. The lowest BCUT2D eigenvalue weighted by atomic mass is 9.96. The first-order valence-electron chi connectivity index (χ1n) is 10.0. The molecule has 0 spiro atoms. The Morgan fingerprint density at radius 2 is 1.68 bits per heavy atom. The number of benzene rings is 1. The molecule has 0 saturated heterocycles. The number of nitrogens with zero attached hydrogens (tertiary/aromatic N) is 2. The van der Waals surface area contributed by atoms with Gasteiger partial charge in [-0.05, 0) is 36.4 Å². The minimum Gasteiger partial charge on any atom is -0.324 e. The van der Waals surface area contributed by atoms with E-state index in [2.05, 4.69) is 5.32 Å². The highest BCUT2D eigenvalue weighted by atomic mass is 32.2. The van der Waals surface area contributed by atoms with Gasteiger partial charge in [0.1, 0.15) is 9.10 Å². The molecule has 1 aliphatic rings. The SMILES string of the molecule is CN(CC(=O)Nc1ccccc1S(=O)(=O)N(C)C1CCCCC1)S(=O)(=O)c1cccs1. The Bertz CT molecular complexity index is 1110. The second-order valence-electron chi connectivity index (χ2n) is 7.55. The maximum absolute atomic E-state index is 13.2. The summed E-state index contributed by atoms with van der Waals surface area (Å²) in [6.45, 7) is -0.437. The van der Waals surface area contributed by atoms with E-state index >= 15 is 0 Å². The molecular weight excluding hydrogens is 458 g/mol. The zero-order chi connectivity index (χ0) is 22.6. The number of amides is 1. The Morgan fingerprint density at radius 3 is 2.32 bits per heavy atom. The Balaban J connectivity index is 1.76. The van der Waals surface area contributed by atoms with Gasteiger partial charge < -0.3 is 5.32 Å². The monoisotopic (exact) mass is 485 g/mol. The molecule has 11 heteroatoms. The first-order chi connectivity index (χ1) is 14.6. The van der Waals surface area contributed by atoms with Gasteiger partial charge in [-0.1, -0.05) is 37.5 Å². The van der Waals surface area contributed by atoms with Gasteiger partial charge in [-0.3, -0.25) is 4.79 Å². The minimum atomic E-state index is -3.82. The molecule has 1 aliphatic carbocycles. The number of para-hydroxylation sites is 1. The van der Waals surface area contributed by atoms with Crippen molar-refractivity contribution in [3.05, 3.63) is 41.8 Å². The van der Waals surface area contributed by atoms with Crippen LogP contribution >= 0.6 is 11.3 Å². The zero-order valence-corrected chi connectivity index (χ0v) is 20.0. The average Bonchev–Trinajstić information content (AvgIpc) is 3.30. The van der Waals surface area contributed by atoms with Crippen molar-refractivity contribution >= 4 is 43.0 Å². The molecule has 0 bridgehead atoms. The van der Waals surface area contributed by atoms with Crippen molar-refractivity contribution in [1.82, 2.24) is 8.61 Å². The number of hydrogen-bond acceptors (Lipinski definition) is 6. The van der Waals surface area contributed by atoms with Crippen LogP contribution in [0.4, 0.5) is 5.69 Å². The molecule has 0 atom stereocenters. The number of rotatable bonds is 8. The van der Waals surface area contributed by atoms with Crippen molar-refractivity contribution in [1.29, 1.82) is 0 Å². The van der Waals surface area contributed by atoms with Crippen LogP contribution in [-0.4, -0.2) is 58.0 Å². The van der Waals surface area contributed by atoms with Crippen molar-refractivity contribution in [2.45, 2.75) is 47.3 Å². The van der Waals surface area contributed by atoms with Gasteiger partial charge in [0.25, 0.3) is 10.0 Å². The van der Waals surface area contributed by atoms with Gasteiger partial charge in [-0.2, -0.15) is 8.61 Å². The number of thiophene rings is 1. The number of anilines is 1. The number of carbonyl (C=O) groups is 1. The third-order valence-corrected chi connectivity index (χ3v) is 10.6. The number of sulfonamides is 2. The lowest BCUT2D eigenvalue weighted by Gasteiger charge is -2.31. The van der Waals surface area contributed by atoms with E-state index in [4.69, 9.17) is 0 Å². The lowest BCUT2D eigenvalue weighted by Crippen LogP contribution is -2.39. The average molecular weight is 486 g/mol. The Hall–Kier alpha value is -1.79. The Morgan fingerprint density at radius 1 is 1.00 bits per heavy atom. The fraction of sp³-hybridized carbons (Fsp3) is 0.450. The van der Waals surface area contributed by atoms with Crippen LogP contribution in [-0.2, 0) is 24.8 Å². The molecule has 1 aromatic heterocycles. The number of hydrogen-bond donors (Lipinski definition) is 1. The highest BCUT2D eigenvalue weighted by Gasteiger charge is 2.31. The van der Waals surface area contributed by atoms with Crippen LogP contribution in [0.15, 0.2) is 50.9 Å². The molecule has 1 N–H and O–H groups in total. The van der Waals surface area contributed by atoms with E-state index in [9.17, 15) is 21.6 Å². The maximum atomic E-state index is 13.2. The summed E-state index contributed by atoms with van der Waals surface area (Å²) in [4.78, 5) is 12.6. The van der Waals surface area contributed by atoms with E-state index in [-0.39, 0.29) is 20.8 Å². The van der Waals surface area contributed by atoms with Crippen LogP contribution in [0.1, 0.15) is 32.1 Å². The van der Waals surface area contributed by atoms with E-state index in [1.165, 1.54) is 29.6 Å². The van der Waals surface area contributed by atoms with Gasteiger partial charge >= 0.3 is 0 Å². The van der Waals surface area contributed by atoms with E-state index in [0.29, 0.717) is 0 Å². The molecule has 0 aliphatic heterocycles. The molecule has 31 heavy (non-hydrogen) atoms. The quantitative estimate of drug-likeness (QED) is 0.619. The van der Waals surface area contributed by atoms with Crippen LogP contribution < -0.4 is 5.32 Å². The van der Waals surface area contributed by atoms with Crippen molar-refractivity contribution in [2.24, 2.45) is 0 Å². The topological polar surface area (TPSA) is 104 Å². The first kappa shape index (κ1) is 23.9. The zero-order valence-electron chi connectivity index (χ0n) is 17.5. The van der Waals surface area contributed by atoms with E-state index in [1.54, 1.807) is 30.6 Å². The standard InChI is InChI=1S/C20H27N3O5S3/c1-22(31(27,28)20-13-8-14-29-20)15-19(24)21-17-11-6-7-12-18(17)30(25,26)23(2)16-9-4-3-5-10-16/h6-8,11-14,16H,3-5,9-10,15H2,1-2H3,(H,21,24). The highest BCUT2D eigenvalue weighted by Crippen LogP contribution is 2.30. The largest absolute Gasteiger partial charge is 0.324 e. The fourth-order valence-electron chi connectivity index (χ4n) is 3.63. The second-order valence-corrected chi connectivity index (χ2v) is 12.7. The minimum absolute atomic E-state index is 0.000176. The number of nitrogens with one attached hydrogen (secondary N) is 1. The van der Waals surface area contributed by atoms with Gasteiger partial charge in [0.15, 0.2) is 0 Å². The van der Waals surface area contributed by atoms with E-state index in [0.717, 1.165) is 47.7 Å². The predicted octanol–water partition coefficient (Wildman–Crippen LogP) is 2.96. The van der Waals surface area contributed by atoms with Crippen LogP contribution in [0, 0.1) is 0 Å². The molecule has 3 rings (SSSR count). The molecule has 8 nitrogen and oxygen atoms in total. The second kappa shape index (κ2) is 9.78. The summed E-state index contributed by atoms with van der Waals surface area (Å²) in [7, 11) is -4.72. The van der Waals surface area contributed by atoms with Crippen LogP contribution in [0.2, 0.25) is 0 Å². The smallest absolute Gasteiger partial charge is 0.252 e. The van der Waals surface area contributed by atoms with Gasteiger partial charge in [0, 0.05) is 20.1 Å². The fourth-order valence-corrected chi connectivity index (χ4v) is 7.52. The molecule has 1 amide bonds. The third-order valence-electron chi connectivity index (χ3n) is 5.43. The molecule has 1 saturated carbocycles. The van der Waals surface area contributed by atoms with Crippen LogP contribution in [0.5, 0.6) is 0 Å². The summed E-state index contributed by atoms with van der Waals surface area (Å²) < 4.78 is 54.0. The predicted molar refractivity (Wildman–Crippen MR) is 121 cm³/mol.